The summed E-state index contributed by atoms with van der Waals surface area (Å²) in [5.41, 5.74) is 0.789. The number of nitrogens with zero attached hydrogens (tertiary/aromatic N) is 4. The number of ether oxygens (including phenoxy) is 1. The van der Waals surface area contributed by atoms with Crippen molar-refractivity contribution in [3.8, 4) is 5.88 Å². The van der Waals surface area contributed by atoms with E-state index < -0.39 is 15.1 Å². The zero-order valence-corrected chi connectivity index (χ0v) is 18.6. The topological polar surface area (TPSA) is 92.7 Å². The van der Waals surface area contributed by atoms with Gasteiger partial charge in [0.25, 0.3) is 0 Å². The third-order valence-corrected chi connectivity index (χ3v) is 7.27. The molecule has 1 aromatic heterocycles. The summed E-state index contributed by atoms with van der Waals surface area (Å²) in [5.74, 6) is 1.19. The number of amides is 1. The molecule has 8 nitrogen and oxygen atoms in total. The molecule has 2 aromatic rings. The number of hydrogen-bond acceptors (Lipinski definition) is 7. The van der Waals surface area contributed by atoms with Crippen molar-refractivity contribution in [1.29, 1.82) is 0 Å². The predicted octanol–water partition coefficient (Wildman–Crippen LogP) is 1.95. The van der Waals surface area contributed by atoms with Gasteiger partial charge in [-0.05, 0) is 37.6 Å². The number of likely N-dealkylation sites (tertiary alicyclic amines) is 1. The van der Waals surface area contributed by atoms with Gasteiger partial charge in [0.1, 0.15) is 6.10 Å². The summed E-state index contributed by atoms with van der Waals surface area (Å²) in [6, 6.07) is 10.2. The van der Waals surface area contributed by atoms with Crippen molar-refractivity contribution in [3.05, 3.63) is 42.0 Å². The first-order valence-corrected chi connectivity index (χ1v) is 11.5. The van der Waals surface area contributed by atoms with Gasteiger partial charge in [-0.2, -0.15) is 0 Å². The molecule has 2 heterocycles. The van der Waals surface area contributed by atoms with E-state index in [-0.39, 0.29) is 23.3 Å². The number of aromatic nitrogens is 2. The monoisotopic (exact) mass is 432 g/mol. The lowest BCUT2D eigenvalue weighted by Crippen LogP contribution is -2.32. The Morgan fingerprint density at radius 2 is 1.87 bits per heavy atom. The van der Waals surface area contributed by atoms with Gasteiger partial charge in [0, 0.05) is 33.1 Å². The van der Waals surface area contributed by atoms with E-state index in [1.165, 1.54) is 0 Å². The van der Waals surface area contributed by atoms with Crippen LogP contribution in [-0.4, -0.2) is 68.0 Å². The van der Waals surface area contributed by atoms with E-state index in [4.69, 9.17) is 4.74 Å². The van der Waals surface area contributed by atoms with Crippen molar-refractivity contribution in [1.82, 2.24) is 15.1 Å². The van der Waals surface area contributed by atoms with Gasteiger partial charge in [-0.25, -0.2) is 8.42 Å². The third kappa shape index (κ3) is 5.08. The molecule has 0 aliphatic carbocycles. The number of anilines is 1. The fourth-order valence-electron chi connectivity index (χ4n) is 3.19. The maximum atomic E-state index is 12.6. The molecule has 1 aliphatic heterocycles. The molecule has 3 rings (SSSR count). The highest BCUT2D eigenvalue weighted by Crippen LogP contribution is 2.20. The fourth-order valence-corrected chi connectivity index (χ4v) is 4.25. The van der Waals surface area contributed by atoms with Gasteiger partial charge in [-0.1, -0.05) is 12.1 Å². The lowest BCUT2D eigenvalue weighted by atomic mass is 10.1. The average Bonchev–Trinajstić information content (AvgIpc) is 3.17. The van der Waals surface area contributed by atoms with Crippen molar-refractivity contribution < 1.29 is 17.9 Å². The molecular formula is C21H28N4O4S. The van der Waals surface area contributed by atoms with Crippen molar-refractivity contribution in [3.63, 3.8) is 0 Å². The van der Waals surface area contributed by atoms with E-state index >= 15 is 0 Å². The largest absolute Gasteiger partial charge is 0.471 e. The van der Waals surface area contributed by atoms with Crippen LogP contribution in [0.5, 0.6) is 5.88 Å². The van der Waals surface area contributed by atoms with Crippen LogP contribution in [0.25, 0.3) is 0 Å². The summed E-state index contributed by atoms with van der Waals surface area (Å²) in [4.78, 5) is 16.6. The predicted molar refractivity (Wildman–Crippen MR) is 114 cm³/mol. The Balaban J connectivity index is 1.54. The van der Waals surface area contributed by atoms with E-state index in [9.17, 15) is 13.2 Å². The van der Waals surface area contributed by atoms with Crippen molar-refractivity contribution in [2.24, 2.45) is 0 Å². The van der Waals surface area contributed by atoms with Crippen molar-refractivity contribution in [2.75, 3.05) is 32.1 Å². The third-order valence-electron chi connectivity index (χ3n) is 5.10. The fraction of sp³-hybridized carbons (Fsp3) is 0.476. The standard InChI is InChI=1S/C21H28N4O4S/c1-15(2)30(27,28)18-7-5-16(6-8-18)13-21(26)25-12-11-17(14-25)29-20-10-9-19(22-23-20)24(3)4/h5-10,15,17H,11-14H2,1-4H3. The molecule has 0 N–H and O–H groups in total. The minimum Gasteiger partial charge on any atom is -0.471 e. The molecule has 9 heteroatoms. The first-order chi connectivity index (χ1) is 14.2. The Labute approximate surface area is 177 Å². The number of carbonyl (C=O) groups is 1. The molecule has 1 fully saturated rings. The van der Waals surface area contributed by atoms with Gasteiger partial charge in [-0.15, -0.1) is 10.2 Å². The molecule has 0 radical (unpaired) electrons. The minimum atomic E-state index is -3.31. The molecule has 0 bridgehead atoms. The second-order valence-electron chi connectivity index (χ2n) is 7.91. The van der Waals surface area contributed by atoms with Crippen molar-refractivity contribution in [2.45, 2.75) is 42.9 Å². The summed E-state index contributed by atoms with van der Waals surface area (Å²) in [7, 11) is 0.473. The van der Waals surface area contributed by atoms with Gasteiger partial charge >= 0.3 is 0 Å². The molecule has 1 aliphatic rings. The Hall–Kier alpha value is -2.68. The molecule has 1 saturated heterocycles. The smallest absolute Gasteiger partial charge is 0.233 e. The number of rotatable bonds is 7. The molecule has 0 spiro atoms. The van der Waals surface area contributed by atoms with Crippen LogP contribution in [-0.2, 0) is 21.1 Å². The van der Waals surface area contributed by atoms with Gasteiger partial charge in [0.15, 0.2) is 15.7 Å². The Bertz CT molecular complexity index is 973. The van der Waals surface area contributed by atoms with E-state index in [1.807, 2.05) is 25.1 Å². The molecule has 30 heavy (non-hydrogen) atoms. The Morgan fingerprint density at radius 1 is 1.17 bits per heavy atom. The van der Waals surface area contributed by atoms with Crippen LogP contribution in [0, 0.1) is 0 Å². The van der Waals surface area contributed by atoms with Gasteiger partial charge in [-0.3, -0.25) is 4.79 Å². The van der Waals surface area contributed by atoms with Crippen molar-refractivity contribution >= 4 is 21.6 Å². The number of sulfone groups is 1. The Kier molecular flexibility index (Phi) is 6.60. The van der Waals surface area contributed by atoms with Gasteiger partial charge in [0.2, 0.25) is 11.8 Å². The van der Waals surface area contributed by atoms with Gasteiger partial charge in [0.05, 0.1) is 23.1 Å². The van der Waals surface area contributed by atoms with E-state index in [0.29, 0.717) is 19.0 Å². The highest BCUT2D eigenvalue weighted by Gasteiger charge is 2.28. The highest BCUT2D eigenvalue weighted by molar-refractivity contribution is 7.92. The average molecular weight is 433 g/mol. The minimum absolute atomic E-state index is 0.00499. The zero-order valence-electron chi connectivity index (χ0n) is 17.8. The first-order valence-electron chi connectivity index (χ1n) is 9.95. The van der Waals surface area contributed by atoms with Crippen LogP contribution in [0.2, 0.25) is 0 Å². The number of carbonyl (C=O) groups excluding carboxylic acids is 1. The number of benzene rings is 1. The quantitative estimate of drug-likeness (QED) is 0.660. The molecule has 1 amide bonds. The second-order valence-corrected chi connectivity index (χ2v) is 10.4. The second kappa shape index (κ2) is 8.99. The van der Waals surface area contributed by atoms with Gasteiger partial charge < -0.3 is 14.5 Å². The summed E-state index contributed by atoms with van der Waals surface area (Å²) in [5, 5.41) is 7.69. The van der Waals surface area contributed by atoms with Crippen LogP contribution in [0.3, 0.4) is 0 Å². The maximum absolute atomic E-state index is 12.6. The molecule has 1 atom stereocenters. The van der Waals surface area contributed by atoms with E-state index in [1.54, 1.807) is 49.1 Å². The molecule has 1 unspecified atom stereocenters. The highest BCUT2D eigenvalue weighted by atomic mass is 32.2. The van der Waals surface area contributed by atoms with E-state index in [2.05, 4.69) is 10.2 Å². The Morgan fingerprint density at radius 3 is 2.43 bits per heavy atom. The van der Waals surface area contributed by atoms with Crippen LogP contribution in [0.15, 0.2) is 41.3 Å². The SMILES string of the molecule is CC(C)S(=O)(=O)c1ccc(CC(=O)N2CCC(Oc3ccc(N(C)C)nn3)C2)cc1. The lowest BCUT2D eigenvalue weighted by molar-refractivity contribution is -0.129. The molecule has 162 valence electrons. The lowest BCUT2D eigenvalue weighted by Gasteiger charge is -2.17. The molecular weight excluding hydrogens is 404 g/mol. The zero-order chi connectivity index (χ0) is 21.9. The van der Waals surface area contributed by atoms with Crippen LogP contribution >= 0.6 is 0 Å². The normalized spacial score (nSPS) is 16.7. The van der Waals surface area contributed by atoms with Crippen LogP contribution in [0.4, 0.5) is 5.82 Å². The summed E-state index contributed by atoms with van der Waals surface area (Å²) < 4.78 is 30.3. The van der Waals surface area contributed by atoms with Crippen LogP contribution in [0.1, 0.15) is 25.8 Å². The molecule has 0 saturated carbocycles. The molecule has 1 aromatic carbocycles. The number of hydrogen-bond donors (Lipinski definition) is 0. The summed E-state index contributed by atoms with van der Waals surface area (Å²) >= 11 is 0. The summed E-state index contributed by atoms with van der Waals surface area (Å²) in [6.07, 6.45) is 0.840. The van der Waals surface area contributed by atoms with Crippen LogP contribution < -0.4 is 9.64 Å². The first kappa shape index (κ1) is 22.0. The van der Waals surface area contributed by atoms with E-state index in [0.717, 1.165) is 17.8 Å². The summed E-state index contributed by atoms with van der Waals surface area (Å²) in [6.45, 7) is 4.42. The maximum Gasteiger partial charge on any atom is 0.233 e.